The summed E-state index contributed by atoms with van der Waals surface area (Å²) < 4.78 is 14.5. The van der Waals surface area contributed by atoms with Gasteiger partial charge in [0.2, 0.25) is 0 Å². The number of halogens is 1. The van der Waals surface area contributed by atoms with Crippen molar-refractivity contribution in [3.05, 3.63) is 54.1 Å². The van der Waals surface area contributed by atoms with Gasteiger partial charge in [0.25, 0.3) is 0 Å². The quantitative estimate of drug-likeness (QED) is 0.647. The third kappa shape index (κ3) is 1.57. The number of hydrogen-bond acceptors (Lipinski definition) is 3. The first kappa shape index (κ1) is 10.6. The number of nitrogens with zero attached hydrogens (tertiary/aromatic N) is 3. The second-order valence-corrected chi connectivity index (χ2v) is 3.77. The molecule has 0 aliphatic heterocycles. The molecule has 0 N–H and O–H groups in total. The van der Waals surface area contributed by atoms with Crippen LogP contribution in [0.1, 0.15) is 10.4 Å². The van der Waals surface area contributed by atoms with Crippen molar-refractivity contribution >= 4 is 11.8 Å². The molecule has 3 rings (SSSR count). The summed E-state index contributed by atoms with van der Waals surface area (Å²) in [6, 6.07) is 8.16. The van der Waals surface area contributed by atoms with Crippen molar-refractivity contribution < 1.29 is 9.18 Å². The first-order valence-corrected chi connectivity index (χ1v) is 5.34. The van der Waals surface area contributed by atoms with Gasteiger partial charge in [0.05, 0.1) is 23.0 Å². The number of rotatable bonds is 2. The summed E-state index contributed by atoms with van der Waals surface area (Å²) in [5.74, 6) is -0.407. The Balaban J connectivity index is 2.33. The second-order valence-electron chi connectivity index (χ2n) is 3.77. The van der Waals surface area contributed by atoms with E-state index in [9.17, 15) is 9.18 Å². The van der Waals surface area contributed by atoms with Crippen molar-refractivity contribution in [1.82, 2.24) is 14.6 Å². The van der Waals surface area contributed by atoms with Crippen molar-refractivity contribution in [3.8, 4) is 11.4 Å². The van der Waals surface area contributed by atoms with Gasteiger partial charge < -0.3 is 0 Å². The normalized spacial score (nSPS) is 10.7. The molecule has 5 heteroatoms. The summed E-state index contributed by atoms with van der Waals surface area (Å²) in [5, 5.41) is 4.20. The summed E-state index contributed by atoms with van der Waals surface area (Å²) >= 11 is 0. The molecule has 4 nitrogen and oxygen atoms in total. The van der Waals surface area contributed by atoms with E-state index < -0.39 is 5.82 Å². The molecule has 0 atom stereocenters. The molecule has 0 amide bonds. The zero-order valence-electron chi connectivity index (χ0n) is 9.25. The number of pyridine rings is 2. The molecule has 0 aromatic carbocycles. The molecule has 0 fully saturated rings. The fraction of sp³-hybridized carbons (Fsp3) is 0. The Morgan fingerprint density at radius 1 is 1.22 bits per heavy atom. The predicted octanol–water partition coefficient (Wildman–Crippen LogP) is 2.35. The van der Waals surface area contributed by atoms with Crippen LogP contribution in [0, 0.1) is 5.82 Å². The zero-order valence-corrected chi connectivity index (χ0v) is 9.25. The number of aromatic nitrogens is 3. The van der Waals surface area contributed by atoms with Crippen molar-refractivity contribution in [1.29, 1.82) is 0 Å². The molecule has 0 saturated carbocycles. The minimum Gasteiger partial charge on any atom is -0.298 e. The van der Waals surface area contributed by atoms with E-state index in [0.717, 1.165) is 0 Å². The van der Waals surface area contributed by atoms with Gasteiger partial charge in [-0.25, -0.2) is 8.91 Å². The lowest BCUT2D eigenvalue weighted by molar-refractivity contribution is 0.112. The van der Waals surface area contributed by atoms with Crippen molar-refractivity contribution in [2.24, 2.45) is 0 Å². The van der Waals surface area contributed by atoms with Gasteiger partial charge in [-0.2, -0.15) is 5.10 Å². The van der Waals surface area contributed by atoms with Crippen LogP contribution in [0.5, 0.6) is 0 Å². The van der Waals surface area contributed by atoms with Gasteiger partial charge in [-0.3, -0.25) is 9.78 Å². The lowest BCUT2D eigenvalue weighted by Gasteiger charge is -1.94. The van der Waals surface area contributed by atoms with Gasteiger partial charge in [0.1, 0.15) is 11.5 Å². The number of hydrogen-bond donors (Lipinski definition) is 0. The Hall–Kier alpha value is -2.56. The molecule has 3 aromatic heterocycles. The van der Waals surface area contributed by atoms with E-state index in [0.29, 0.717) is 28.8 Å². The van der Waals surface area contributed by atoms with E-state index in [1.807, 2.05) is 6.07 Å². The van der Waals surface area contributed by atoms with Crippen LogP contribution in [0.15, 0.2) is 42.7 Å². The summed E-state index contributed by atoms with van der Waals surface area (Å²) in [6.07, 6.45) is 3.56. The van der Waals surface area contributed by atoms with E-state index in [1.54, 1.807) is 18.3 Å². The van der Waals surface area contributed by atoms with Gasteiger partial charge >= 0.3 is 0 Å². The van der Waals surface area contributed by atoms with E-state index in [1.165, 1.54) is 22.8 Å². The Bertz CT molecular complexity index is 722. The predicted molar refractivity (Wildman–Crippen MR) is 63.8 cm³/mol. The van der Waals surface area contributed by atoms with Crippen LogP contribution in [0.2, 0.25) is 0 Å². The number of carbonyl (C=O) groups excluding carboxylic acids is 1. The average molecular weight is 241 g/mol. The molecular weight excluding hydrogens is 233 g/mol. The van der Waals surface area contributed by atoms with Crippen LogP contribution in [0.25, 0.3) is 16.9 Å². The van der Waals surface area contributed by atoms with Gasteiger partial charge in [0.15, 0.2) is 6.29 Å². The highest BCUT2D eigenvalue weighted by Crippen LogP contribution is 2.23. The Morgan fingerprint density at radius 2 is 2.11 bits per heavy atom. The van der Waals surface area contributed by atoms with Crippen LogP contribution in [-0.4, -0.2) is 20.9 Å². The van der Waals surface area contributed by atoms with E-state index >= 15 is 0 Å². The van der Waals surface area contributed by atoms with Crippen molar-refractivity contribution in [2.45, 2.75) is 0 Å². The van der Waals surface area contributed by atoms with Crippen LogP contribution >= 0.6 is 0 Å². The summed E-state index contributed by atoms with van der Waals surface area (Å²) in [6.45, 7) is 0. The molecule has 0 spiro atoms. The highest BCUT2D eigenvalue weighted by molar-refractivity contribution is 5.94. The number of fused-ring (bicyclic) bond motifs is 1. The highest BCUT2D eigenvalue weighted by atomic mass is 19.1. The van der Waals surface area contributed by atoms with Crippen LogP contribution < -0.4 is 0 Å². The smallest absolute Gasteiger partial charge is 0.154 e. The molecular formula is C13H8FN3O. The Morgan fingerprint density at radius 3 is 2.83 bits per heavy atom. The first-order valence-electron chi connectivity index (χ1n) is 5.34. The summed E-state index contributed by atoms with van der Waals surface area (Å²) in [7, 11) is 0. The lowest BCUT2D eigenvalue weighted by Crippen LogP contribution is -1.88. The third-order valence-electron chi connectivity index (χ3n) is 2.66. The van der Waals surface area contributed by atoms with E-state index in [2.05, 4.69) is 10.1 Å². The molecule has 3 aromatic rings. The van der Waals surface area contributed by atoms with Gasteiger partial charge in [-0.05, 0) is 24.3 Å². The maximum atomic E-state index is 13.1. The summed E-state index contributed by atoms with van der Waals surface area (Å²) in [4.78, 5) is 15.3. The topological polar surface area (TPSA) is 47.3 Å². The first-order chi connectivity index (χ1) is 8.79. The van der Waals surface area contributed by atoms with E-state index in [4.69, 9.17) is 0 Å². The number of carbonyl (C=O) groups is 1. The maximum Gasteiger partial charge on any atom is 0.154 e. The van der Waals surface area contributed by atoms with Crippen LogP contribution in [0.4, 0.5) is 4.39 Å². The molecule has 0 radical (unpaired) electrons. The van der Waals surface area contributed by atoms with Crippen LogP contribution in [0.3, 0.4) is 0 Å². The second kappa shape index (κ2) is 4.03. The lowest BCUT2D eigenvalue weighted by atomic mass is 10.1. The van der Waals surface area contributed by atoms with Crippen molar-refractivity contribution in [3.63, 3.8) is 0 Å². The zero-order chi connectivity index (χ0) is 12.5. The molecule has 0 aliphatic carbocycles. The largest absolute Gasteiger partial charge is 0.298 e. The minimum absolute atomic E-state index is 0.407. The average Bonchev–Trinajstić information content (AvgIpc) is 2.77. The van der Waals surface area contributed by atoms with Crippen LogP contribution in [-0.2, 0) is 0 Å². The molecule has 3 heterocycles. The standard InChI is InChI=1S/C13H8FN3O/c14-9-4-5-12-10(8-18)13(16-17(12)7-9)11-3-1-2-6-15-11/h1-8H. The third-order valence-corrected chi connectivity index (χ3v) is 2.66. The Kier molecular flexibility index (Phi) is 2.37. The number of aldehydes is 1. The van der Waals surface area contributed by atoms with E-state index in [-0.39, 0.29) is 0 Å². The summed E-state index contributed by atoms with van der Waals surface area (Å²) in [5.41, 5.74) is 2.01. The molecule has 0 bridgehead atoms. The van der Waals surface area contributed by atoms with Crippen molar-refractivity contribution in [2.75, 3.05) is 0 Å². The highest BCUT2D eigenvalue weighted by Gasteiger charge is 2.14. The van der Waals surface area contributed by atoms with Gasteiger partial charge in [0, 0.05) is 6.20 Å². The van der Waals surface area contributed by atoms with Gasteiger partial charge in [-0.15, -0.1) is 0 Å². The Labute approximate surface area is 102 Å². The van der Waals surface area contributed by atoms with Gasteiger partial charge in [-0.1, -0.05) is 6.07 Å². The fourth-order valence-corrected chi connectivity index (χ4v) is 1.85. The SMILES string of the molecule is O=Cc1c(-c2ccccn2)nn2cc(F)ccc12. The molecule has 88 valence electrons. The fourth-order valence-electron chi connectivity index (χ4n) is 1.85. The minimum atomic E-state index is -0.407. The molecule has 0 saturated heterocycles. The molecule has 0 aliphatic rings. The monoisotopic (exact) mass is 241 g/mol. The molecule has 0 unspecified atom stereocenters. The maximum absolute atomic E-state index is 13.1. The molecule has 18 heavy (non-hydrogen) atoms.